The van der Waals surface area contributed by atoms with E-state index in [1.54, 1.807) is 12.1 Å². The number of hydrogen-bond acceptors (Lipinski definition) is 2. The topological polar surface area (TPSA) is 35.2 Å². The maximum Gasteiger partial charge on any atom is 0.160 e. The van der Waals surface area contributed by atoms with Crippen molar-refractivity contribution in [1.82, 2.24) is 0 Å². The Morgan fingerprint density at radius 3 is 2.73 bits per heavy atom. The summed E-state index contributed by atoms with van der Waals surface area (Å²) in [6, 6.07) is 5.40. The molecule has 0 bridgehead atoms. The van der Waals surface area contributed by atoms with Gasteiger partial charge in [-0.1, -0.05) is 31.5 Å². The second-order valence-corrected chi connectivity index (χ2v) is 4.45. The average Bonchev–Trinajstić information content (AvgIpc) is 2.15. The fourth-order valence-electron chi connectivity index (χ4n) is 1.34. The van der Waals surface area contributed by atoms with Crippen molar-refractivity contribution in [1.29, 1.82) is 0 Å². The van der Waals surface area contributed by atoms with Crippen LogP contribution in [-0.4, -0.2) is 6.61 Å². The van der Waals surface area contributed by atoms with Crippen LogP contribution in [0.3, 0.4) is 0 Å². The SMILES string of the molecule is CC(C)CCCOc1c(N)cccc1Cl. The zero-order chi connectivity index (χ0) is 11.3. The first-order valence-electron chi connectivity index (χ1n) is 5.28. The monoisotopic (exact) mass is 227 g/mol. The van der Waals surface area contributed by atoms with E-state index in [1.165, 1.54) is 0 Å². The number of anilines is 1. The zero-order valence-corrected chi connectivity index (χ0v) is 10.1. The lowest BCUT2D eigenvalue weighted by Gasteiger charge is -2.10. The number of para-hydroxylation sites is 1. The Balaban J connectivity index is 2.43. The summed E-state index contributed by atoms with van der Waals surface area (Å²) in [6.07, 6.45) is 2.19. The standard InChI is InChI=1S/C12H18ClNO/c1-9(2)5-4-8-15-12-10(13)6-3-7-11(12)14/h3,6-7,9H,4-5,8,14H2,1-2H3. The smallest absolute Gasteiger partial charge is 0.160 e. The molecule has 0 saturated carbocycles. The lowest BCUT2D eigenvalue weighted by Crippen LogP contribution is -2.02. The van der Waals surface area contributed by atoms with Crippen LogP contribution in [0.5, 0.6) is 5.75 Å². The van der Waals surface area contributed by atoms with E-state index in [4.69, 9.17) is 22.1 Å². The number of nitrogens with two attached hydrogens (primary N) is 1. The third kappa shape index (κ3) is 4.00. The summed E-state index contributed by atoms with van der Waals surface area (Å²) in [5.74, 6) is 1.32. The zero-order valence-electron chi connectivity index (χ0n) is 9.29. The average molecular weight is 228 g/mol. The van der Waals surface area contributed by atoms with Crippen molar-refractivity contribution in [2.45, 2.75) is 26.7 Å². The van der Waals surface area contributed by atoms with E-state index < -0.39 is 0 Å². The molecule has 0 amide bonds. The molecule has 0 radical (unpaired) electrons. The first-order valence-corrected chi connectivity index (χ1v) is 5.66. The van der Waals surface area contributed by atoms with Crippen LogP contribution in [0.25, 0.3) is 0 Å². The Morgan fingerprint density at radius 2 is 2.13 bits per heavy atom. The van der Waals surface area contributed by atoms with Crippen molar-refractivity contribution in [3.63, 3.8) is 0 Å². The van der Waals surface area contributed by atoms with Gasteiger partial charge in [0, 0.05) is 0 Å². The van der Waals surface area contributed by atoms with Gasteiger partial charge in [0.15, 0.2) is 5.75 Å². The summed E-state index contributed by atoms with van der Waals surface area (Å²) in [6.45, 7) is 5.07. The molecule has 0 unspecified atom stereocenters. The molecular weight excluding hydrogens is 210 g/mol. The molecule has 1 rings (SSSR count). The quantitative estimate of drug-likeness (QED) is 0.615. The van der Waals surface area contributed by atoms with Crippen LogP contribution in [0.4, 0.5) is 5.69 Å². The van der Waals surface area contributed by atoms with E-state index in [0.29, 0.717) is 29.0 Å². The number of rotatable bonds is 5. The van der Waals surface area contributed by atoms with E-state index in [1.807, 2.05) is 6.07 Å². The van der Waals surface area contributed by atoms with Crippen LogP contribution in [-0.2, 0) is 0 Å². The van der Waals surface area contributed by atoms with E-state index in [-0.39, 0.29) is 0 Å². The van der Waals surface area contributed by atoms with E-state index in [2.05, 4.69) is 13.8 Å². The summed E-state index contributed by atoms with van der Waals surface area (Å²) in [5, 5.41) is 0.583. The molecule has 1 aromatic carbocycles. The molecule has 0 heterocycles. The van der Waals surface area contributed by atoms with Crippen LogP contribution in [0, 0.1) is 5.92 Å². The molecule has 0 aliphatic carbocycles. The highest BCUT2D eigenvalue weighted by molar-refractivity contribution is 6.32. The van der Waals surface area contributed by atoms with Crippen molar-refractivity contribution in [2.24, 2.45) is 5.92 Å². The lowest BCUT2D eigenvalue weighted by molar-refractivity contribution is 0.299. The summed E-state index contributed by atoms with van der Waals surface area (Å²) < 4.78 is 5.56. The van der Waals surface area contributed by atoms with Crippen LogP contribution in [0.15, 0.2) is 18.2 Å². The molecule has 84 valence electrons. The maximum atomic E-state index is 5.97. The molecule has 2 nitrogen and oxygen atoms in total. The largest absolute Gasteiger partial charge is 0.490 e. The van der Waals surface area contributed by atoms with Gasteiger partial charge in [-0.05, 0) is 30.9 Å². The highest BCUT2D eigenvalue weighted by atomic mass is 35.5. The minimum Gasteiger partial charge on any atom is -0.490 e. The van der Waals surface area contributed by atoms with Crippen molar-refractivity contribution < 1.29 is 4.74 Å². The molecule has 2 N–H and O–H groups in total. The Morgan fingerprint density at radius 1 is 1.40 bits per heavy atom. The van der Waals surface area contributed by atoms with Gasteiger partial charge in [-0.25, -0.2) is 0 Å². The summed E-state index contributed by atoms with van der Waals surface area (Å²) in [4.78, 5) is 0. The van der Waals surface area contributed by atoms with Crippen molar-refractivity contribution in [3.05, 3.63) is 23.2 Å². The van der Waals surface area contributed by atoms with Gasteiger partial charge in [-0.2, -0.15) is 0 Å². The van der Waals surface area contributed by atoms with Crippen molar-refractivity contribution >= 4 is 17.3 Å². The van der Waals surface area contributed by atoms with Gasteiger partial charge in [0.25, 0.3) is 0 Å². The molecular formula is C12H18ClNO. The fourth-order valence-corrected chi connectivity index (χ4v) is 1.58. The number of halogens is 1. The Kier molecular flexibility index (Phi) is 4.76. The van der Waals surface area contributed by atoms with Crippen LogP contribution < -0.4 is 10.5 Å². The van der Waals surface area contributed by atoms with Gasteiger partial charge in [-0.15, -0.1) is 0 Å². The molecule has 1 aromatic rings. The van der Waals surface area contributed by atoms with Crippen molar-refractivity contribution in [3.8, 4) is 5.75 Å². The molecule has 0 spiro atoms. The third-order valence-electron chi connectivity index (χ3n) is 2.17. The summed E-state index contributed by atoms with van der Waals surface area (Å²) in [7, 11) is 0. The highest BCUT2D eigenvalue weighted by Crippen LogP contribution is 2.30. The number of benzene rings is 1. The fraction of sp³-hybridized carbons (Fsp3) is 0.500. The first kappa shape index (κ1) is 12.2. The second-order valence-electron chi connectivity index (χ2n) is 4.04. The van der Waals surface area contributed by atoms with E-state index >= 15 is 0 Å². The molecule has 0 atom stereocenters. The number of ether oxygens (including phenoxy) is 1. The van der Waals surface area contributed by atoms with Gasteiger partial charge < -0.3 is 10.5 Å². The molecule has 0 fully saturated rings. The maximum absolute atomic E-state index is 5.97. The van der Waals surface area contributed by atoms with Gasteiger partial charge in [-0.3, -0.25) is 0 Å². The molecule has 3 heteroatoms. The Hall–Kier alpha value is -0.890. The lowest BCUT2D eigenvalue weighted by atomic mass is 10.1. The predicted octanol–water partition coefficient (Wildman–Crippen LogP) is 3.74. The van der Waals surface area contributed by atoms with Gasteiger partial charge in [0.1, 0.15) is 0 Å². The van der Waals surface area contributed by atoms with Gasteiger partial charge in [0.2, 0.25) is 0 Å². The van der Waals surface area contributed by atoms with E-state index in [0.717, 1.165) is 12.8 Å². The predicted molar refractivity (Wildman–Crippen MR) is 65.4 cm³/mol. The van der Waals surface area contributed by atoms with Gasteiger partial charge in [0.05, 0.1) is 17.3 Å². The summed E-state index contributed by atoms with van der Waals surface area (Å²) >= 11 is 5.97. The normalized spacial score (nSPS) is 10.7. The minimum atomic E-state index is 0.583. The Bertz CT molecular complexity index is 292. The first-order chi connectivity index (χ1) is 7.11. The highest BCUT2D eigenvalue weighted by Gasteiger charge is 2.05. The molecule has 0 aliphatic rings. The van der Waals surface area contributed by atoms with Crippen LogP contribution in [0.2, 0.25) is 5.02 Å². The molecule has 0 aliphatic heterocycles. The Labute approximate surface area is 96.4 Å². The van der Waals surface area contributed by atoms with Crippen molar-refractivity contribution in [2.75, 3.05) is 12.3 Å². The third-order valence-corrected chi connectivity index (χ3v) is 2.47. The van der Waals surface area contributed by atoms with Crippen LogP contribution >= 0.6 is 11.6 Å². The number of hydrogen-bond donors (Lipinski definition) is 1. The molecule has 0 aromatic heterocycles. The van der Waals surface area contributed by atoms with Crippen LogP contribution in [0.1, 0.15) is 26.7 Å². The number of nitrogen functional groups attached to an aromatic ring is 1. The van der Waals surface area contributed by atoms with E-state index in [9.17, 15) is 0 Å². The summed E-state index contributed by atoms with van der Waals surface area (Å²) in [5.41, 5.74) is 6.36. The second kappa shape index (κ2) is 5.86. The molecule has 15 heavy (non-hydrogen) atoms. The molecule has 0 saturated heterocycles. The van der Waals surface area contributed by atoms with Gasteiger partial charge >= 0.3 is 0 Å². The minimum absolute atomic E-state index is 0.583.